The molecule has 2 aliphatic heterocycles. The molecule has 0 radical (unpaired) electrons. The second-order valence-electron chi connectivity index (χ2n) is 6.64. The van der Waals surface area contributed by atoms with E-state index in [0.29, 0.717) is 0 Å². The number of nitrogen functional groups attached to an aromatic ring is 1. The highest BCUT2D eigenvalue weighted by Crippen LogP contribution is 2.21. The summed E-state index contributed by atoms with van der Waals surface area (Å²) in [6, 6.07) is 9.11. The molecular formula is C18H29N3. The first kappa shape index (κ1) is 14.9. The zero-order valence-electron chi connectivity index (χ0n) is 13.1. The lowest BCUT2D eigenvalue weighted by Gasteiger charge is -2.32. The van der Waals surface area contributed by atoms with E-state index >= 15 is 0 Å². The summed E-state index contributed by atoms with van der Waals surface area (Å²) >= 11 is 0. The highest BCUT2D eigenvalue weighted by Gasteiger charge is 2.27. The van der Waals surface area contributed by atoms with Crippen molar-refractivity contribution >= 4 is 5.69 Å². The minimum atomic E-state index is 0.826. The quantitative estimate of drug-likeness (QED) is 0.845. The summed E-state index contributed by atoms with van der Waals surface area (Å²) in [4.78, 5) is 5.39. The molecule has 116 valence electrons. The number of likely N-dealkylation sites (tertiary alicyclic amines) is 2. The van der Waals surface area contributed by atoms with Gasteiger partial charge in [-0.15, -0.1) is 0 Å². The van der Waals surface area contributed by atoms with E-state index in [4.69, 9.17) is 5.73 Å². The van der Waals surface area contributed by atoms with Crippen LogP contribution in [0, 0.1) is 0 Å². The van der Waals surface area contributed by atoms with Crippen molar-refractivity contribution in [3.05, 3.63) is 29.8 Å². The molecule has 1 aromatic carbocycles. The van der Waals surface area contributed by atoms with Gasteiger partial charge in [-0.1, -0.05) is 24.6 Å². The summed E-state index contributed by atoms with van der Waals surface area (Å²) in [6.45, 7) is 6.45. The number of hydrogen-bond donors (Lipinski definition) is 1. The molecule has 21 heavy (non-hydrogen) atoms. The maximum Gasteiger partial charge on any atom is 0.0346 e. The Kier molecular flexibility index (Phi) is 5.15. The first-order valence-electron chi connectivity index (χ1n) is 8.63. The van der Waals surface area contributed by atoms with Crippen LogP contribution in [0.25, 0.3) is 0 Å². The number of piperidine rings is 1. The molecule has 2 saturated heterocycles. The van der Waals surface area contributed by atoms with E-state index in [9.17, 15) is 0 Å². The fourth-order valence-electron chi connectivity index (χ4n) is 3.85. The Bertz CT molecular complexity index is 440. The number of benzene rings is 1. The molecule has 3 rings (SSSR count). The molecule has 2 heterocycles. The van der Waals surface area contributed by atoms with Crippen LogP contribution in [0.3, 0.4) is 0 Å². The molecule has 2 fully saturated rings. The molecule has 3 nitrogen and oxygen atoms in total. The van der Waals surface area contributed by atoms with Crippen molar-refractivity contribution in [2.24, 2.45) is 0 Å². The predicted octanol–water partition coefficient (Wildman–Crippen LogP) is 2.76. The van der Waals surface area contributed by atoms with Gasteiger partial charge in [0.2, 0.25) is 0 Å². The molecule has 3 heteroatoms. The Hall–Kier alpha value is -1.06. The van der Waals surface area contributed by atoms with Crippen molar-refractivity contribution < 1.29 is 0 Å². The van der Waals surface area contributed by atoms with Gasteiger partial charge in [0.15, 0.2) is 0 Å². The zero-order valence-corrected chi connectivity index (χ0v) is 13.1. The van der Waals surface area contributed by atoms with Gasteiger partial charge in [0.1, 0.15) is 0 Å². The Morgan fingerprint density at radius 1 is 1.05 bits per heavy atom. The molecule has 0 amide bonds. The van der Waals surface area contributed by atoms with Gasteiger partial charge >= 0.3 is 0 Å². The van der Waals surface area contributed by atoms with Crippen LogP contribution in [-0.2, 0) is 6.42 Å². The van der Waals surface area contributed by atoms with E-state index in [2.05, 4.69) is 21.9 Å². The normalized spacial score (nSPS) is 24.5. The third-order valence-corrected chi connectivity index (χ3v) is 5.13. The van der Waals surface area contributed by atoms with E-state index in [0.717, 1.165) is 18.2 Å². The number of anilines is 1. The summed E-state index contributed by atoms with van der Waals surface area (Å²) < 4.78 is 0. The largest absolute Gasteiger partial charge is 0.399 e. The van der Waals surface area contributed by atoms with E-state index in [1.54, 1.807) is 0 Å². The van der Waals surface area contributed by atoms with Gasteiger partial charge in [-0.3, -0.25) is 4.90 Å². The number of aryl methyl sites for hydroxylation is 1. The molecule has 1 unspecified atom stereocenters. The van der Waals surface area contributed by atoms with Crippen LogP contribution >= 0.6 is 0 Å². The molecular weight excluding hydrogens is 258 g/mol. The lowest BCUT2D eigenvalue weighted by atomic mass is 10.1. The summed E-state index contributed by atoms with van der Waals surface area (Å²) in [5.41, 5.74) is 8.27. The first-order chi connectivity index (χ1) is 10.3. The van der Waals surface area contributed by atoms with Crippen LogP contribution in [0.4, 0.5) is 5.69 Å². The second kappa shape index (κ2) is 7.28. The van der Waals surface area contributed by atoms with Crippen molar-refractivity contribution in [1.82, 2.24) is 9.80 Å². The molecule has 1 aromatic rings. The maximum atomic E-state index is 6.01. The number of nitrogens with two attached hydrogens (primary N) is 1. The zero-order chi connectivity index (χ0) is 14.5. The fraction of sp³-hybridized carbons (Fsp3) is 0.667. The highest BCUT2D eigenvalue weighted by atomic mass is 15.3. The van der Waals surface area contributed by atoms with Crippen molar-refractivity contribution in [1.29, 1.82) is 0 Å². The predicted molar refractivity (Wildman–Crippen MR) is 89.4 cm³/mol. The van der Waals surface area contributed by atoms with E-state index in [1.165, 1.54) is 70.4 Å². The molecule has 0 aliphatic carbocycles. The van der Waals surface area contributed by atoms with E-state index < -0.39 is 0 Å². The molecule has 2 N–H and O–H groups in total. The van der Waals surface area contributed by atoms with E-state index in [1.807, 2.05) is 12.1 Å². The average Bonchev–Trinajstić information content (AvgIpc) is 2.99. The van der Waals surface area contributed by atoms with Gasteiger partial charge in [0.25, 0.3) is 0 Å². The second-order valence-corrected chi connectivity index (χ2v) is 6.64. The lowest BCUT2D eigenvalue weighted by Crippen LogP contribution is -2.40. The minimum absolute atomic E-state index is 0.826. The number of rotatable bonds is 5. The van der Waals surface area contributed by atoms with Gasteiger partial charge in [0, 0.05) is 18.3 Å². The topological polar surface area (TPSA) is 32.5 Å². The summed E-state index contributed by atoms with van der Waals surface area (Å²) in [5.74, 6) is 0. The first-order valence-corrected chi connectivity index (χ1v) is 8.63. The number of hydrogen-bond acceptors (Lipinski definition) is 3. The molecule has 2 aliphatic rings. The highest BCUT2D eigenvalue weighted by molar-refractivity contribution is 5.46. The maximum absolute atomic E-state index is 6.01. The van der Waals surface area contributed by atoms with Crippen LogP contribution in [0.5, 0.6) is 0 Å². The fourth-order valence-corrected chi connectivity index (χ4v) is 3.85. The third kappa shape index (κ3) is 3.98. The summed E-state index contributed by atoms with van der Waals surface area (Å²) in [7, 11) is 0. The summed E-state index contributed by atoms with van der Waals surface area (Å²) in [5, 5.41) is 0. The minimum Gasteiger partial charge on any atom is -0.399 e. The Labute approximate surface area is 129 Å². The van der Waals surface area contributed by atoms with Crippen LogP contribution in [0.2, 0.25) is 0 Å². The van der Waals surface area contributed by atoms with Crippen LogP contribution in [-0.4, -0.2) is 48.6 Å². The van der Waals surface area contributed by atoms with Gasteiger partial charge in [-0.05, 0) is 69.9 Å². The van der Waals surface area contributed by atoms with E-state index in [-0.39, 0.29) is 0 Å². The summed E-state index contributed by atoms with van der Waals surface area (Å²) in [6.07, 6.45) is 7.95. The van der Waals surface area contributed by atoms with Crippen molar-refractivity contribution in [3.63, 3.8) is 0 Å². The smallest absolute Gasteiger partial charge is 0.0346 e. The van der Waals surface area contributed by atoms with Gasteiger partial charge in [-0.25, -0.2) is 0 Å². The SMILES string of the molecule is Nc1ccccc1CCCN1CCC(N2CCCCC2)C1. The molecule has 0 aromatic heterocycles. The average molecular weight is 287 g/mol. The Morgan fingerprint density at radius 3 is 2.67 bits per heavy atom. The van der Waals surface area contributed by atoms with Crippen molar-refractivity contribution in [3.8, 4) is 0 Å². The Morgan fingerprint density at radius 2 is 1.86 bits per heavy atom. The lowest BCUT2D eigenvalue weighted by molar-refractivity contribution is 0.162. The van der Waals surface area contributed by atoms with Crippen molar-refractivity contribution in [2.45, 2.75) is 44.6 Å². The third-order valence-electron chi connectivity index (χ3n) is 5.13. The number of nitrogens with zero attached hydrogens (tertiary/aromatic N) is 2. The van der Waals surface area contributed by atoms with Crippen molar-refractivity contribution in [2.75, 3.05) is 38.5 Å². The van der Waals surface area contributed by atoms with Crippen LogP contribution < -0.4 is 5.73 Å². The van der Waals surface area contributed by atoms with Gasteiger partial charge in [-0.2, -0.15) is 0 Å². The monoisotopic (exact) mass is 287 g/mol. The standard InChI is InChI=1S/C18H29N3/c19-18-9-3-2-7-16(18)8-6-11-20-14-10-17(15-20)21-12-4-1-5-13-21/h2-3,7,9,17H,1,4-6,8,10-15,19H2. The molecule has 0 bridgehead atoms. The molecule has 1 atom stereocenters. The van der Waals surface area contributed by atoms with Gasteiger partial charge < -0.3 is 10.6 Å². The van der Waals surface area contributed by atoms with Gasteiger partial charge in [0.05, 0.1) is 0 Å². The molecule has 0 saturated carbocycles. The Balaban J connectivity index is 1.40. The molecule has 0 spiro atoms. The van der Waals surface area contributed by atoms with Crippen LogP contribution in [0.15, 0.2) is 24.3 Å². The number of para-hydroxylation sites is 1. The van der Waals surface area contributed by atoms with Crippen LogP contribution in [0.1, 0.15) is 37.7 Å².